The molecule has 3 rings (SSSR count). The third-order valence-corrected chi connectivity index (χ3v) is 4.67. The van der Waals surface area contributed by atoms with E-state index in [0.29, 0.717) is 6.54 Å². The topological polar surface area (TPSA) is 54.9 Å². The molecule has 4 nitrogen and oxygen atoms in total. The fourth-order valence-electron chi connectivity index (χ4n) is 2.56. The molecule has 5 heteroatoms. The van der Waals surface area contributed by atoms with Gasteiger partial charge in [-0.2, -0.15) is 0 Å². The van der Waals surface area contributed by atoms with Gasteiger partial charge in [-0.25, -0.2) is 4.98 Å². The van der Waals surface area contributed by atoms with Gasteiger partial charge in [0.25, 0.3) is 0 Å². The maximum Gasteiger partial charge on any atom is 0.223 e. The van der Waals surface area contributed by atoms with Gasteiger partial charge in [0.1, 0.15) is 0 Å². The maximum absolute atomic E-state index is 12.2. The van der Waals surface area contributed by atoms with Gasteiger partial charge in [-0.15, -0.1) is 11.3 Å². The Morgan fingerprint density at radius 2 is 2.25 bits per heavy atom. The van der Waals surface area contributed by atoms with Crippen LogP contribution in [0.25, 0.3) is 0 Å². The zero-order valence-electron chi connectivity index (χ0n) is 11.4. The number of aryl methyl sites for hydroxylation is 2. The normalized spacial score (nSPS) is 17.6. The highest BCUT2D eigenvalue weighted by molar-refractivity contribution is 7.11. The first-order valence-corrected chi connectivity index (χ1v) is 7.66. The number of nitrogens with zero attached hydrogens (tertiary/aromatic N) is 2. The van der Waals surface area contributed by atoms with Crippen LogP contribution in [0.2, 0.25) is 0 Å². The highest BCUT2D eigenvalue weighted by Crippen LogP contribution is 2.29. The SMILES string of the molecule is Cc1nc2c(s1)CC(C(=O)NCc1ccncc1)CC2. The van der Waals surface area contributed by atoms with Gasteiger partial charge < -0.3 is 5.32 Å². The summed E-state index contributed by atoms with van der Waals surface area (Å²) in [7, 11) is 0. The summed E-state index contributed by atoms with van der Waals surface area (Å²) in [5, 5.41) is 4.13. The summed E-state index contributed by atoms with van der Waals surface area (Å²) in [4.78, 5) is 22.0. The van der Waals surface area contributed by atoms with E-state index in [-0.39, 0.29) is 11.8 Å². The summed E-state index contributed by atoms with van der Waals surface area (Å²) in [6.07, 6.45) is 6.15. The number of carbonyl (C=O) groups excluding carboxylic acids is 1. The van der Waals surface area contributed by atoms with Crippen molar-refractivity contribution in [1.29, 1.82) is 0 Å². The molecule has 20 heavy (non-hydrogen) atoms. The molecule has 0 bridgehead atoms. The Hall–Kier alpha value is -1.75. The summed E-state index contributed by atoms with van der Waals surface area (Å²) in [5.41, 5.74) is 2.28. The van der Waals surface area contributed by atoms with Crippen LogP contribution in [-0.4, -0.2) is 15.9 Å². The minimum atomic E-state index is 0.0872. The fourth-order valence-corrected chi connectivity index (χ4v) is 3.62. The number of pyridine rings is 1. The van der Waals surface area contributed by atoms with Crippen molar-refractivity contribution >= 4 is 17.2 Å². The van der Waals surface area contributed by atoms with Crippen molar-refractivity contribution in [2.45, 2.75) is 32.7 Å². The van der Waals surface area contributed by atoms with Crippen LogP contribution in [0.4, 0.5) is 0 Å². The maximum atomic E-state index is 12.2. The number of nitrogens with one attached hydrogen (secondary N) is 1. The van der Waals surface area contributed by atoms with Gasteiger partial charge in [0.15, 0.2) is 0 Å². The number of rotatable bonds is 3. The van der Waals surface area contributed by atoms with Gasteiger partial charge in [0.05, 0.1) is 10.7 Å². The summed E-state index contributed by atoms with van der Waals surface area (Å²) < 4.78 is 0. The van der Waals surface area contributed by atoms with E-state index in [4.69, 9.17) is 0 Å². The summed E-state index contributed by atoms with van der Waals surface area (Å²) in [6, 6.07) is 3.84. The zero-order chi connectivity index (χ0) is 13.9. The lowest BCUT2D eigenvalue weighted by Gasteiger charge is -2.20. The number of aromatic nitrogens is 2. The Kier molecular flexibility index (Phi) is 3.78. The molecule has 0 radical (unpaired) electrons. The average Bonchev–Trinajstić information content (AvgIpc) is 2.85. The highest BCUT2D eigenvalue weighted by Gasteiger charge is 2.26. The Labute approximate surface area is 122 Å². The Balaban J connectivity index is 1.59. The standard InChI is InChI=1S/C15H17N3OS/c1-10-18-13-3-2-12(8-14(13)20-10)15(19)17-9-11-4-6-16-7-5-11/h4-7,12H,2-3,8-9H2,1H3,(H,17,19). The number of hydrogen-bond donors (Lipinski definition) is 1. The molecule has 0 aromatic carbocycles. The summed E-state index contributed by atoms with van der Waals surface area (Å²) in [6.45, 7) is 2.61. The van der Waals surface area contributed by atoms with E-state index in [1.165, 1.54) is 10.6 Å². The Bertz CT molecular complexity index is 609. The molecule has 2 aromatic rings. The zero-order valence-corrected chi connectivity index (χ0v) is 12.2. The Morgan fingerprint density at radius 3 is 3.05 bits per heavy atom. The van der Waals surface area contributed by atoms with E-state index >= 15 is 0 Å². The summed E-state index contributed by atoms with van der Waals surface area (Å²) >= 11 is 1.73. The molecular formula is C15H17N3OS. The molecule has 1 aliphatic rings. The van der Waals surface area contributed by atoms with Crippen molar-refractivity contribution in [1.82, 2.24) is 15.3 Å². The first-order chi connectivity index (χ1) is 9.72. The van der Waals surface area contributed by atoms with Crippen molar-refractivity contribution in [2.24, 2.45) is 5.92 Å². The first-order valence-electron chi connectivity index (χ1n) is 6.84. The third-order valence-electron chi connectivity index (χ3n) is 3.63. The molecule has 104 valence electrons. The van der Waals surface area contributed by atoms with Crippen molar-refractivity contribution in [3.05, 3.63) is 45.7 Å². The molecule has 1 aliphatic carbocycles. The fraction of sp³-hybridized carbons (Fsp3) is 0.400. The lowest BCUT2D eigenvalue weighted by atomic mass is 9.90. The highest BCUT2D eigenvalue weighted by atomic mass is 32.1. The van der Waals surface area contributed by atoms with Crippen molar-refractivity contribution in [3.8, 4) is 0 Å². The molecule has 2 heterocycles. The molecule has 1 atom stereocenters. The molecular weight excluding hydrogens is 270 g/mol. The van der Waals surface area contributed by atoms with Gasteiger partial charge in [-0.3, -0.25) is 9.78 Å². The third kappa shape index (κ3) is 2.88. The molecule has 0 fully saturated rings. The van der Waals surface area contributed by atoms with Crippen molar-refractivity contribution in [3.63, 3.8) is 0 Å². The predicted octanol–water partition coefficient (Wildman–Crippen LogP) is 2.27. The van der Waals surface area contributed by atoms with E-state index in [1.54, 1.807) is 23.7 Å². The second kappa shape index (κ2) is 5.71. The molecule has 0 aliphatic heterocycles. The van der Waals surface area contributed by atoms with Crippen LogP contribution < -0.4 is 5.32 Å². The van der Waals surface area contributed by atoms with Crippen LogP contribution in [0.5, 0.6) is 0 Å². The minimum Gasteiger partial charge on any atom is -0.352 e. The van der Waals surface area contributed by atoms with Crippen LogP contribution >= 0.6 is 11.3 Å². The van der Waals surface area contributed by atoms with E-state index in [9.17, 15) is 4.79 Å². The van der Waals surface area contributed by atoms with Crippen LogP contribution in [0.3, 0.4) is 0 Å². The second-order valence-corrected chi connectivity index (χ2v) is 6.40. The number of fused-ring (bicyclic) bond motifs is 1. The predicted molar refractivity (Wildman–Crippen MR) is 78.4 cm³/mol. The largest absolute Gasteiger partial charge is 0.352 e. The van der Waals surface area contributed by atoms with E-state index in [1.807, 2.05) is 19.1 Å². The Morgan fingerprint density at radius 1 is 1.45 bits per heavy atom. The lowest BCUT2D eigenvalue weighted by molar-refractivity contribution is -0.125. The molecule has 0 saturated heterocycles. The average molecular weight is 287 g/mol. The monoisotopic (exact) mass is 287 g/mol. The van der Waals surface area contributed by atoms with Crippen LogP contribution in [0.1, 0.15) is 27.6 Å². The van der Waals surface area contributed by atoms with Gasteiger partial charge in [0, 0.05) is 29.7 Å². The minimum absolute atomic E-state index is 0.0872. The van der Waals surface area contributed by atoms with Crippen LogP contribution in [0, 0.1) is 12.8 Å². The molecule has 1 N–H and O–H groups in total. The number of carbonyl (C=O) groups is 1. The smallest absolute Gasteiger partial charge is 0.223 e. The van der Waals surface area contributed by atoms with Crippen LogP contribution in [-0.2, 0) is 24.2 Å². The molecule has 2 aromatic heterocycles. The van der Waals surface area contributed by atoms with E-state index in [2.05, 4.69) is 15.3 Å². The van der Waals surface area contributed by atoms with Gasteiger partial charge in [0.2, 0.25) is 5.91 Å². The van der Waals surface area contributed by atoms with Gasteiger partial charge in [-0.1, -0.05) is 0 Å². The number of amides is 1. The van der Waals surface area contributed by atoms with E-state index < -0.39 is 0 Å². The lowest BCUT2D eigenvalue weighted by Crippen LogP contribution is -2.33. The number of hydrogen-bond acceptors (Lipinski definition) is 4. The second-order valence-electron chi connectivity index (χ2n) is 5.12. The molecule has 1 amide bonds. The van der Waals surface area contributed by atoms with Gasteiger partial charge >= 0.3 is 0 Å². The summed E-state index contributed by atoms with van der Waals surface area (Å²) in [5.74, 6) is 0.239. The van der Waals surface area contributed by atoms with Crippen molar-refractivity contribution < 1.29 is 4.79 Å². The number of thiazole rings is 1. The molecule has 0 spiro atoms. The molecule has 0 saturated carbocycles. The van der Waals surface area contributed by atoms with Crippen LogP contribution in [0.15, 0.2) is 24.5 Å². The van der Waals surface area contributed by atoms with Crippen molar-refractivity contribution in [2.75, 3.05) is 0 Å². The first kappa shape index (κ1) is 13.2. The van der Waals surface area contributed by atoms with E-state index in [0.717, 1.165) is 29.8 Å². The molecule has 1 unspecified atom stereocenters. The quantitative estimate of drug-likeness (QED) is 0.942. The van der Waals surface area contributed by atoms with Gasteiger partial charge in [-0.05, 0) is 43.9 Å².